The van der Waals surface area contributed by atoms with Crippen molar-refractivity contribution in [2.75, 3.05) is 13.2 Å². The smallest absolute Gasteiger partial charge is 0.139 e. The Labute approximate surface area is 132 Å². The molecule has 0 aromatic carbocycles. The van der Waals surface area contributed by atoms with Crippen molar-refractivity contribution < 1.29 is 5.11 Å². The van der Waals surface area contributed by atoms with Gasteiger partial charge in [0.1, 0.15) is 5.65 Å². The molecule has 1 aliphatic rings. The Morgan fingerprint density at radius 2 is 2.14 bits per heavy atom. The number of aliphatic hydroxyl groups excluding tert-OH is 1. The SMILES string of the molecule is Cc1cccn2c(CNCC3(CCO)CCCCC3)cnc12. The van der Waals surface area contributed by atoms with Crippen molar-refractivity contribution in [2.45, 2.75) is 52.0 Å². The lowest BCUT2D eigenvalue weighted by Crippen LogP contribution is -2.36. The van der Waals surface area contributed by atoms with Crippen LogP contribution in [0.4, 0.5) is 0 Å². The third kappa shape index (κ3) is 3.18. The van der Waals surface area contributed by atoms with Gasteiger partial charge in [0.15, 0.2) is 0 Å². The second-order valence-corrected chi connectivity index (χ2v) is 6.77. The molecule has 4 nitrogen and oxygen atoms in total. The number of fused-ring (bicyclic) bond motifs is 1. The summed E-state index contributed by atoms with van der Waals surface area (Å²) in [7, 11) is 0. The van der Waals surface area contributed by atoms with Gasteiger partial charge in [-0.2, -0.15) is 0 Å². The van der Waals surface area contributed by atoms with E-state index >= 15 is 0 Å². The highest BCUT2D eigenvalue weighted by molar-refractivity contribution is 5.48. The molecule has 1 aliphatic carbocycles. The van der Waals surface area contributed by atoms with Gasteiger partial charge in [-0.3, -0.25) is 0 Å². The lowest BCUT2D eigenvalue weighted by Gasteiger charge is -2.37. The Bertz CT molecular complexity index is 608. The molecular weight excluding hydrogens is 274 g/mol. The Morgan fingerprint density at radius 3 is 2.91 bits per heavy atom. The largest absolute Gasteiger partial charge is 0.396 e. The summed E-state index contributed by atoms with van der Waals surface area (Å²) < 4.78 is 2.17. The number of aromatic nitrogens is 2. The zero-order valence-electron chi connectivity index (χ0n) is 13.5. The number of nitrogens with one attached hydrogen (secondary N) is 1. The van der Waals surface area contributed by atoms with Gasteiger partial charge in [0.25, 0.3) is 0 Å². The van der Waals surface area contributed by atoms with Gasteiger partial charge in [-0.1, -0.05) is 25.3 Å². The van der Waals surface area contributed by atoms with Crippen LogP contribution in [0.3, 0.4) is 0 Å². The molecule has 2 aromatic rings. The van der Waals surface area contributed by atoms with Crippen LogP contribution in [-0.2, 0) is 6.54 Å². The third-order valence-corrected chi connectivity index (χ3v) is 5.17. The fraction of sp³-hybridized carbons (Fsp3) is 0.611. The summed E-state index contributed by atoms with van der Waals surface area (Å²) in [5.74, 6) is 0. The number of imidazole rings is 1. The minimum atomic E-state index is 0.295. The van der Waals surface area contributed by atoms with Crippen molar-refractivity contribution in [1.29, 1.82) is 0 Å². The van der Waals surface area contributed by atoms with Crippen LogP contribution in [0.25, 0.3) is 5.65 Å². The molecule has 4 heteroatoms. The molecule has 0 unspecified atom stereocenters. The van der Waals surface area contributed by atoms with Crippen LogP contribution in [0.15, 0.2) is 24.5 Å². The monoisotopic (exact) mass is 301 g/mol. The van der Waals surface area contributed by atoms with Crippen molar-refractivity contribution in [1.82, 2.24) is 14.7 Å². The van der Waals surface area contributed by atoms with Crippen LogP contribution >= 0.6 is 0 Å². The molecule has 1 fully saturated rings. The first-order valence-corrected chi connectivity index (χ1v) is 8.47. The first-order chi connectivity index (χ1) is 10.7. The van der Waals surface area contributed by atoms with Gasteiger partial charge in [0, 0.05) is 25.9 Å². The molecule has 0 aliphatic heterocycles. The fourth-order valence-electron chi connectivity index (χ4n) is 3.84. The number of hydrogen-bond donors (Lipinski definition) is 2. The predicted molar refractivity (Wildman–Crippen MR) is 88.9 cm³/mol. The Balaban J connectivity index is 1.65. The first-order valence-electron chi connectivity index (χ1n) is 8.47. The van der Waals surface area contributed by atoms with E-state index in [4.69, 9.17) is 0 Å². The molecule has 0 saturated heterocycles. The van der Waals surface area contributed by atoms with Gasteiger partial charge in [0.05, 0.1) is 11.9 Å². The van der Waals surface area contributed by atoms with E-state index in [0.717, 1.165) is 25.2 Å². The molecule has 0 spiro atoms. The quantitative estimate of drug-likeness (QED) is 0.862. The summed E-state index contributed by atoms with van der Waals surface area (Å²) in [6, 6.07) is 4.17. The molecule has 120 valence electrons. The van der Waals surface area contributed by atoms with E-state index in [2.05, 4.69) is 40.0 Å². The number of nitrogens with zero attached hydrogens (tertiary/aromatic N) is 2. The van der Waals surface area contributed by atoms with E-state index in [1.807, 2.05) is 6.20 Å². The summed E-state index contributed by atoms with van der Waals surface area (Å²) in [5, 5.41) is 13.0. The molecule has 2 aromatic heterocycles. The number of pyridine rings is 1. The van der Waals surface area contributed by atoms with Crippen LogP contribution < -0.4 is 5.32 Å². The first kappa shape index (κ1) is 15.5. The van der Waals surface area contributed by atoms with E-state index < -0.39 is 0 Å². The summed E-state index contributed by atoms with van der Waals surface area (Å²) in [6.45, 7) is 4.22. The Kier molecular flexibility index (Phi) is 4.79. The van der Waals surface area contributed by atoms with E-state index in [-0.39, 0.29) is 0 Å². The average Bonchev–Trinajstić information content (AvgIpc) is 2.93. The lowest BCUT2D eigenvalue weighted by molar-refractivity contribution is 0.126. The predicted octanol–water partition coefficient (Wildman–Crippen LogP) is 3.07. The van der Waals surface area contributed by atoms with Crippen molar-refractivity contribution in [3.63, 3.8) is 0 Å². The topological polar surface area (TPSA) is 49.6 Å². The van der Waals surface area contributed by atoms with Gasteiger partial charge >= 0.3 is 0 Å². The van der Waals surface area contributed by atoms with Crippen LogP contribution in [0.1, 0.15) is 49.8 Å². The molecule has 0 radical (unpaired) electrons. The van der Waals surface area contributed by atoms with Crippen LogP contribution in [-0.4, -0.2) is 27.6 Å². The van der Waals surface area contributed by atoms with E-state index in [0.29, 0.717) is 12.0 Å². The van der Waals surface area contributed by atoms with Gasteiger partial charge in [-0.05, 0) is 43.2 Å². The number of rotatable bonds is 6. The third-order valence-electron chi connectivity index (χ3n) is 5.17. The normalized spacial score (nSPS) is 17.9. The van der Waals surface area contributed by atoms with Gasteiger partial charge in [-0.15, -0.1) is 0 Å². The minimum Gasteiger partial charge on any atom is -0.396 e. The highest BCUT2D eigenvalue weighted by Gasteiger charge is 2.30. The van der Waals surface area contributed by atoms with Gasteiger partial charge in [0.2, 0.25) is 0 Å². The Hall–Kier alpha value is -1.39. The van der Waals surface area contributed by atoms with Crippen molar-refractivity contribution in [3.05, 3.63) is 35.8 Å². The molecule has 0 amide bonds. The van der Waals surface area contributed by atoms with E-state index in [9.17, 15) is 5.11 Å². The summed E-state index contributed by atoms with van der Waals surface area (Å²) >= 11 is 0. The molecule has 3 rings (SSSR count). The van der Waals surface area contributed by atoms with Crippen LogP contribution in [0.2, 0.25) is 0 Å². The van der Waals surface area contributed by atoms with E-state index in [1.54, 1.807) is 0 Å². The Morgan fingerprint density at radius 1 is 1.32 bits per heavy atom. The zero-order chi connectivity index (χ0) is 15.4. The van der Waals surface area contributed by atoms with Gasteiger partial charge in [-0.25, -0.2) is 4.98 Å². The summed E-state index contributed by atoms with van der Waals surface area (Å²) in [4.78, 5) is 4.52. The minimum absolute atomic E-state index is 0.295. The molecule has 1 saturated carbocycles. The maximum atomic E-state index is 9.40. The molecular formula is C18H27N3O. The van der Waals surface area contributed by atoms with Crippen LogP contribution in [0.5, 0.6) is 0 Å². The molecule has 2 heterocycles. The highest BCUT2D eigenvalue weighted by atomic mass is 16.3. The second-order valence-electron chi connectivity index (χ2n) is 6.77. The summed E-state index contributed by atoms with van der Waals surface area (Å²) in [5.41, 5.74) is 3.75. The summed E-state index contributed by atoms with van der Waals surface area (Å²) in [6.07, 6.45) is 11.4. The van der Waals surface area contributed by atoms with Crippen LogP contribution in [0, 0.1) is 12.3 Å². The zero-order valence-corrected chi connectivity index (χ0v) is 13.5. The molecule has 22 heavy (non-hydrogen) atoms. The highest BCUT2D eigenvalue weighted by Crippen LogP contribution is 2.38. The molecule has 2 N–H and O–H groups in total. The molecule has 0 bridgehead atoms. The van der Waals surface area contributed by atoms with Crippen molar-refractivity contribution >= 4 is 5.65 Å². The number of aliphatic hydroxyl groups is 1. The number of aryl methyl sites for hydroxylation is 1. The van der Waals surface area contributed by atoms with Gasteiger partial charge < -0.3 is 14.8 Å². The van der Waals surface area contributed by atoms with Crippen molar-refractivity contribution in [2.24, 2.45) is 5.41 Å². The van der Waals surface area contributed by atoms with E-state index in [1.165, 1.54) is 43.4 Å². The van der Waals surface area contributed by atoms with Crippen molar-refractivity contribution in [3.8, 4) is 0 Å². The fourth-order valence-corrected chi connectivity index (χ4v) is 3.84. The number of hydrogen-bond acceptors (Lipinski definition) is 3. The second kappa shape index (κ2) is 6.80. The maximum Gasteiger partial charge on any atom is 0.139 e. The molecule has 0 atom stereocenters. The average molecular weight is 301 g/mol. The maximum absolute atomic E-state index is 9.40. The lowest BCUT2D eigenvalue weighted by atomic mass is 9.72. The standard InChI is InChI=1S/C18H27N3O/c1-15-6-5-10-21-16(13-20-17(15)21)12-19-14-18(9-11-22)7-3-2-4-8-18/h5-6,10,13,19,22H,2-4,7-9,11-12,14H2,1H3.